The molecule has 0 atom stereocenters. The lowest BCUT2D eigenvalue weighted by Gasteiger charge is -2.11. The van der Waals surface area contributed by atoms with Crippen LogP contribution in [0.4, 0.5) is 18.9 Å². The number of benzene rings is 1. The van der Waals surface area contributed by atoms with Crippen molar-refractivity contribution in [2.75, 3.05) is 18.9 Å². The number of amides is 1. The average molecular weight is 267 g/mol. The second kappa shape index (κ2) is 5.37. The van der Waals surface area contributed by atoms with E-state index in [0.29, 0.717) is 0 Å². The minimum absolute atomic E-state index is 0.00737. The molecular weight excluding hydrogens is 257 g/mol. The standard InChI is InChI=1S/C10H10ClF3N2O/c1-15-5-9(17)16-8-4-6(10(12,13)14)2-3-7(8)11/h2-4,15H,5H2,1H3,(H,16,17). The lowest BCUT2D eigenvalue weighted by atomic mass is 10.2. The molecule has 0 bridgehead atoms. The molecule has 1 aromatic carbocycles. The molecule has 0 aliphatic carbocycles. The molecule has 7 heteroatoms. The Labute approximate surface area is 101 Å². The number of nitrogens with one attached hydrogen (secondary N) is 2. The summed E-state index contributed by atoms with van der Waals surface area (Å²) in [5.41, 5.74) is -0.914. The molecule has 3 nitrogen and oxygen atoms in total. The molecule has 0 heterocycles. The van der Waals surface area contributed by atoms with Crippen molar-refractivity contribution >= 4 is 23.2 Å². The normalized spacial score (nSPS) is 11.4. The SMILES string of the molecule is CNCC(=O)Nc1cc(C(F)(F)F)ccc1Cl. The molecule has 0 saturated heterocycles. The van der Waals surface area contributed by atoms with Crippen molar-refractivity contribution in [3.05, 3.63) is 28.8 Å². The molecule has 0 radical (unpaired) electrons. The molecule has 17 heavy (non-hydrogen) atoms. The van der Waals surface area contributed by atoms with Gasteiger partial charge in [0.2, 0.25) is 5.91 Å². The summed E-state index contributed by atoms with van der Waals surface area (Å²) in [6, 6.07) is 2.76. The number of halogens is 4. The summed E-state index contributed by atoms with van der Waals surface area (Å²) in [5.74, 6) is -0.464. The van der Waals surface area contributed by atoms with Crippen LogP contribution in [-0.4, -0.2) is 19.5 Å². The van der Waals surface area contributed by atoms with Crippen LogP contribution in [0.1, 0.15) is 5.56 Å². The summed E-state index contributed by atoms with van der Waals surface area (Å²) < 4.78 is 37.3. The van der Waals surface area contributed by atoms with Crippen molar-refractivity contribution in [1.29, 1.82) is 0 Å². The predicted octanol–water partition coefficient (Wildman–Crippen LogP) is 2.52. The van der Waals surface area contributed by atoms with E-state index in [0.717, 1.165) is 18.2 Å². The van der Waals surface area contributed by atoms with E-state index >= 15 is 0 Å². The van der Waals surface area contributed by atoms with Gasteiger partial charge >= 0.3 is 6.18 Å². The third-order valence-corrected chi connectivity index (χ3v) is 2.23. The van der Waals surface area contributed by atoms with Crippen LogP contribution in [0.5, 0.6) is 0 Å². The molecule has 0 unspecified atom stereocenters. The first-order valence-electron chi connectivity index (χ1n) is 4.66. The number of carbonyl (C=O) groups is 1. The highest BCUT2D eigenvalue weighted by molar-refractivity contribution is 6.33. The van der Waals surface area contributed by atoms with Gasteiger partial charge < -0.3 is 10.6 Å². The fourth-order valence-corrected chi connectivity index (χ4v) is 1.32. The van der Waals surface area contributed by atoms with Gasteiger partial charge in [-0.25, -0.2) is 0 Å². The van der Waals surface area contributed by atoms with Crippen LogP contribution in [0, 0.1) is 0 Å². The monoisotopic (exact) mass is 266 g/mol. The summed E-state index contributed by atoms with van der Waals surface area (Å²) in [7, 11) is 1.55. The molecule has 0 fully saturated rings. The van der Waals surface area contributed by atoms with Crippen LogP contribution in [-0.2, 0) is 11.0 Å². The quantitative estimate of drug-likeness (QED) is 0.883. The van der Waals surface area contributed by atoms with E-state index in [1.54, 1.807) is 7.05 Å². The van der Waals surface area contributed by atoms with Crippen LogP contribution in [0.25, 0.3) is 0 Å². The van der Waals surface area contributed by atoms with E-state index in [1.165, 1.54) is 0 Å². The Morgan fingerprint density at radius 1 is 1.41 bits per heavy atom. The van der Waals surface area contributed by atoms with Gasteiger partial charge in [0.15, 0.2) is 0 Å². The van der Waals surface area contributed by atoms with Crippen LogP contribution < -0.4 is 10.6 Å². The molecule has 0 spiro atoms. The van der Waals surface area contributed by atoms with Crippen LogP contribution in [0.3, 0.4) is 0 Å². The van der Waals surface area contributed by atoms with Gasteiger partial charge in [0.1, 0.15) is 0 Å². The van der Waals surface area contributed by atoms with Crippen molar-refractivity contribution in [3.8, 4) is 0 Å². The molecule has 0 saturated carbocycles. The molecular formula is C10H10ClF3N2O. The third-order valence-electron chi connectivity index (χ3n) is 1.91. The van der Waals surface area contributed by atoms with E-state index in [9.17, 15) is 18.0 Å². The number of likely N-dealkylation sites (N-methyl/N-ethyl adjacent to an activating group) is 1. The highest BCUT2D eigenvalue weighted by Crippen LogP contribution is 2.33. The van der Waals surface area contributed by atoms with Crippen LogP contribution in [0.15, 0.2) is 18.2 Å². The van der Waals surface area contributed by atoms with Crippen LogP contribution >= 0.6 is 11.6 Å². The molecule has 94 valence electrons. The summed E-state index contributed by atoms with van der Waals surface area (Å²) in [4.78, 5) is 11.2. The first-order chi connectivity index (χ1) is 7.84. The molecule has 0 aromatic heterocycles. The van der Waals surface area contributed by atoms with Crippen molar-refractivity contribution in [2.45, 2.75) is 6.18 Å². The molecule has 0 aliphatic rings. The fraction of sp³-hybridized carbons (Fsp3) is 0.300. The van der Waals surface area contributed by atoms with Gasteiger partial charge in [-0.2, -0.15) is 13.2 Å². The van der Waals surface area contributed by atoms with Gasteiger partial charge in [-0.15, -0.1) is 0 Å². The fourth-order valence-electron chi connectivity index (χ4n) is 1.15. The largest absolute Gasteiger partial charge is 0.416 e. The average Bonchev–Trinajstić information content (AvgIpc) is 2.20. The number of anilines is 1. The van der Waals surface area contributed by atoms with Gasteiger partial charge in [0, 0.05) is 0 Å². The number of rotatable bonds is 3. The van der Waals surface area contributed by atoms with E-state index in [1.807, 2.05) is 0 Å². The van der Waals surface area contributed by atoms with Crippen molar-refractivity contribution < 1.29 is 18.0 Å². The minimum Gasteiger partial charge on any atom is -0.324 e. The number of hydrogen-bond acceptors (Lipinski definition) is 2. The number of carbonyl (C=O) groups excluding carboxylic acids is 1. The Kier molecular flexibility index (Phi) is 4.36. The molecule has 0 aliphatic heterocycles. The van der Waals surface area contributed by atoms with Gasteiger partial charge in [-0.05, 0) is 25.2 Å². The predicted molar refractivity (Wildman–Crippen MR) is 59.0 cm³/mol. The summed E-state index contributed by atoms with van der Waals surface area (Å²) in [6.45, 7) is -0.00737. The van der Waals surface area contributed by atoms with Crippen molar-refractivity contribution in [2.24, 2.45) is 0 Å². The maximum absolute atomic E-state index is 12.4. The maximum Gasteiger partial charge on any atom is 0.416 e. The molecule has 2 N–H and O–H groups in total. The number of alkyl halides is 3. The summed E-state index contributed by atoms with van der Waals surface area (Å²) >= 11 is 5.69. The van der Waals surface area contributed by atoms with Crippen molar-refractivity contribution in [1.82, 2.24) is 5.32 Å². The van der Waals surface area contributed by atoms with E-state index in [-0.39, 0.29) is 17.3 Å². The van der Waals surface area contributed by atoms with Gasteiger partial charge in [0.05, 0.1) is 22.8 Å². The Bertz CT molecular complexity index is 421. The summed E-state index contributed by atoms with van der Waals surface area (Å²) in [5, 5.41) is 4.92. The zero-order valence-electron chi connectivity index (χ0n) is 8.86. The first kappa shape index (κ1) is 13.8. The Hall–Kier alpha value is -1.27. The molecule has 1 rings (SSSR count). The lowest BCUT2D eigenvalue weighted by molar-refractivity contribution is -0.137. The zero-order valence-corrected chi connectivity index (χ0v) is 9.62. The van der Waals surface area contributed by atoms with E-state index < -0.39 is 17.6 Å². The second-order valence-corrected chi connectivity index (χ2v) is 3.68. The van der Waals surface area contributed by atoms with Gasteiger partial charge in [-0.3, -0.25) is 4.79 Å². The zero-order chi connectivity index (χ0) is 13.1. The maximum atomic E-state index is 12.4. The second-order valence-electron chi connectivity index (χ2n) is 3.27. The van der Waals surface area contributed by atoms with E-state index in [2.05, 4.69) is 10.6 Å². The van der Waals surface area contributed by atoms with Gasteiger partial charge in [0.25, 0.3) is 0 Å². The Morgan fingerprint density at radius 2 is 2.06 bits per heavy atom. The number of hydrogen-bond donors (Lipinski definition) is 2. The molecule has 1 aromatic rings. The van der Waals surface area contributed by atoms with Gasteiger partial charge in [-0.1, -0.05) is 11.6 Å². The Morgan fingerprint density at radius 3 is 2.59 bits per heavy atom. The minimum atomic E-state index is -4.47. The van der Waals surface area contributed by atoms with Crippen LogP contribution in [0.2, 0.25) is 5.02 Å². The highest BCUT2D eigenvalue weighted by Gasteiger charge is 2.31. The van der Waals surface area contributed by atoms with E-state index in [4.69, 9.17) is 11.6 Å². The highest BCUT2D eigenvalue weighted by atomic mass is 35.5. The molecule has 1 amide bonds. The Balaban J connectivity index is 2.95. The first-order valence-corrected chi connectivity index (χ1v) is 5.03. The van der Waals surface area contributed by atoms with Crippen molar-refractivity contribution in [3.63, 3.8) is 0 Å². The summed E-state index contributed by atoms with van der Waals surface area (Å²) in [6.07, 6.45) is -4.47. The topological polar surface area (TPSA) is 41.1 Å². The smallest absolute Gasteiger partial charge is 0.324 e. The third kappa shape index (κ3) is 3.90. The lowest BCUT2D eigenvalue weighted by Crippen LogP contribution is -2.25.